The number of amides is 2. The second kappa shape index (κ2) is 7.12. The number of nitrogens with zero attached hydrogens (tertiary/aromatic N) is 2. The number of thiazole rings is 1. The summed E-state index contributed by atoms with van der Waals surface area (Å²) >= 11 is 1.24. The normalized spacial score (nSPS) is 24.0. The van der Waals surface area contributed by atoms with E-state index in [1.807, 2.05) is 0 Å². The summed E-state index contributed by atoms with van der Waals surface area (Å²) in [5, 5.41) is 0.623. The van der Waals surface area contributed by atoms with Crippen molar-refractivity contribution in [2.45, 2.75) is 38.4 Å². The Morgan fingerprint density at radius 3 is 2.52 bits per heavy atom. The molecule has 2 aliphatic rings. The van der Waals surface area contributed by atoms with Gasteiger partial charge in [0, 0.05) is 6.54 Å². The Hall–Kier alpha value is -2.42. The lowest BCUT2D eigenvalue weighted by Gasteiger charge is -2.25. The molecule has 1 saturated heterocycles. The number of aromatic nitrogens is 1. The van der Waals surface area contributed by atoms with E-state index < -0.39 is 23.7 Å². The molecule has 0 spiro atoms. The molecule has 2 fully saturated rings. The van der Waals surface area contributed by atoms with Crippen LogP contribution in [0.5, 0.6) is 0 Å². The van der Waals surface area contributed by atoms with Crippen LogP contribution in [-0.2, 0) is 11.0 Å². The van der Waals surface area contributed by atoms with Crippen molar-refractivity contribution in [3.8, 4) is 10.4 Å². The summed E-state index contributed by atoms with van der Waals surface area (Å²) in [5.41, 5.74) is 5.51. The number of benzene rings is 1. The Morgan fingerprint density at radius 2 is 1.90 bits per heavy atom. The Morgan fingerprint density at radius 1 is 1.21 bits per heavy atom. The molecule has 154 valence electrons. The average molecular weight is 423 g/mol. The lowest BCUT2D eigenvalue weighted by Crippen LogP contribution is -2.46. The highest BCUT2D eigenvalue weighted by Crippen LogP contribution is 2.43. The molecule has 1 aromatic heterocycles. The molecule has 5 nitrogen and oxygen atoms in total. The van der Waals surface area contributed by atoms with Gasteiger partial charge in [0.1, 0.15) is 11.7 Å². The Balaban J connectivity index is 1.68. The van der Waals surface area contributed by atoms with Gasteiger partial charge in [0.2, 0.25) is 5.91 Å². The molecule has 2 amide bonds. The Bertz CT molecular complexity index is 955. The molecule has 4 rings (SSSR count). The maximum atomic E-state index is 13.3. The van der Waals surface area contributed by atoms with Crippen molar-refractivity contribution in [3.05, 3.63) is 40.5 Å². The van der Waals surface area contributed by atoms with Crippen molar-refractivity contribution in [3.63, 3.8) is 0 Å². The van der Waals surface area contributed by atoms with Crippen LogP contribution in [0.2, 0.25) is 0 Å². The van der Waals surface area contributed by atoms with Gasteiger partial charge < -0.3 is 10.6 Å². The predicted octanol–water partition coefficient (Wildman–Crippen LogP) is 3.86. The van der Waals surface area contributed by atoms with E-state index in [1.165, 1.54) is 28.4 Å². The zero-order valence-corrected chi connectivity index (χ0v) is 16.5. The second-order valence-electron chi connectivity index (χ2n) is 7.65. The molecular formula is C20H20F3N3O2S. The minimum Gasteiger partial charge on any atom is -0.368 e. The van der Waals surface area contributed by atoms with Gasteiger partial charge in [-0.05, 0) is 49.3 Å². The highest BCUT2D eigenvalue weighted by molar-refractivity contribution is 7.15. The molecule has 0 unspecified atom stereocenters. The fourth-order valence-corrected chi connectivity index (χ4v) is 5.51. The van der Waals surface area contributed by atoms with E-state index in [1.54, 1.807) is 6.92 Å². The standard InChI is InChI=1S/C20H20F3N3O2S/c1-10-25-15(17(29-10)11-5-7-13(8-6-11)20(21,22)23)19(28)26-9-12-3-2-4-14(12)16(26)18(24)27/h5-8,12,14,16H,2-4,9H2,1H3,(H2,24,27)/t12-,14-,16-/m0/s1. The molecule has 29 heavy (non-hydrogen) atoms. The number of aryl methyl sites for hydroxylation is 1. The van der Waals surface area contributed by atoms with E-state index in [0.29, 0.717) is 22.0 Å². The van der Waals surface area contributed by atoms with E-state index in [0.717, 1.165) is 31.4 Å². The third-order valence-corrected chi connectivity index (χ3v) is 6.87. The molecule has 3 atom stereocenters. The molecule has 9 heteroatoms. The van der Waals surface area contributed by atoms with Crippen LogP contribution in [0.15, 0.2) is 24.3 Å². The van der Waals surface area contributed by atoms with Gasteiger partial charge in [0.05, 0.1) is 15.4 Å². The predicted molar refractivity (Wildman–Crippen MR) is 102 cm³/mol. The lowest BCUT2D eigenvalue weighted by molar-refractivity contribution is -0.137. The molecular weight excluding hydrogens is 403 g/mol. The lowest BCUT2D eigenvalue weighted by atomic mass is 9.93. The molecule has 2 N–H and O–H groups in total. The highest BCUT2D eigenvalue weighted by Gasteiger charge is 2.49. The minimum absolute atomic E-state index is 0.0747. The van der Waals surface area contributed by atoms with Gasteiger partial charge in [0.15, 0.2) is 0 Å². The third-order valence-electron chi connectivity index (χ3n) is 5.85. The van der Waals surface area contributed by atoms with Gasteiger partial charge >= 0.3 is 6.18 Å². The maximum Gasteiger partial charge on any atom is 0.416 e. The molecule has 1 aliphatic heterocycles. The Kier molecular flexibility index (Phi) is 4.88. The first-order valence-corrected chi connectivity index (χ1v) is 10.2. The number of carbonyl (C=O) groups excluding carboxylic acids is 2. The van der Waals surface area contributed by atoms with Crippen molar-refractivity contribution < 1.29 is 22.8 Å². The molecule has 2 heterocycles. The summed E-state index contributed by atoms with van der Waals surface area (Å²) in [4.78, 5) is 31.8. The first-order valence-electron chi connectivity index (χ1n) is 9.42. The Labute approximate surface area is 169 Å². The summed E-state index contributed by atoms with van der Waals surface area (Å²) < 4.78 is 38.6. The first-order chi connectivity index (χ1) is 13.7. The summed E-state index contributed by atoms with van der Waals surface area (Å²) in [6.07, 6.45) is -1.58. The zero-order chi connectivity index (χ0) is 20.9. The van der Waals surface area contributed by atoms with Crippen LogP contribution in [0.3, 0.4) is 0 Å². The monoisotopic (exact) mass is 423 g/mol. The van der Waals surface area contributed by atoms with Gasteiger partial charge in [-0.1, -0.05) is 18.6 Å². The number of carbonyl (C=O) groups is 2. The number of hydrogen-bond donors (Lipinski definition) is 1. The van der Waals surface area contributed by atoms with Gasteiger partial charge in [0.25, 0.3) is 5.91 Å². The zero-order valence-electron chi connectivity index (χ0n) is 15.7. The van der Waals surface area contributed by atoms with Crippen LogP contribution in [-0.4, -0.2) is 34.3 Å². The number of nitrogens with two attached hydrogens (primary N) is 1. The largest absolute Gasteiger partial charge is 0.416 e. The highest BCUT2D eigenvalue weighted by atomic mass is 32.1. The van der Waals surface area contributed by atoms with E-state index in [4.69, 9.17) is 5.73 Å². The van der Waals surface area contributed by atoms with Crippen LogP contribution in [0.25, 0.3) is 10.4 Å². The SMILES string of the molecule is Cc1nc(C(=O)N2C[C@@H]3CCC[C@@H]3[C@H]2C(N)=O)c(-c2ccc(C(F)(F)F)cc2)s1. The number of rotatable bonds is 3. The first kappa shape index (κ1) is 19.9. The van der Waals surface area contributed by atoms with Crippen molar-refractivity contribution in [1.29, 1.82) is 0 Å². The van der Waals surface area contributed by atoms with E-state index in [9.17, 15) is 22.8 Å². The van der Waals surface area contributed by atoms with Gasteiger partial charge in [-0.3, -0.25) is 9.59 Å². The number of hydrogen-bond acceptors (Lipinski definition) is 4. The van der Waals surface area contributed by atoms with E-state index in [2.05, 4.69) is 4.98 Å². The topological polar surface area (TPSA) is 76.3 Å². The summed E-state index contributed by atoms with van der Waals surface area (Å²) in [6, 6.07) is 4.02. The summed E-state index contributed by atoms with van der Waals surface area (Å²) in [7, 11) is 0. The third kappa shape index (κ3) is 3.52. The summed E-state index contributed by atoms with van der Waals surface area (Å²) in [5.74, 6) is -0.574. The van der Waals surface area contributed by atoms with E-state index in [-0.39, 0.29) is 23.4 Å². The quantitative estimate of drug-likeness (QED) is 0.814. The van der Waals surface area contributed by atoms with Gasteiger partial charge in [-0.2, -0.15) is 13.2 Å². The maximum absolute atomic E-state index is 13.3. The molecule has 0 bridgehead atoms. The molecule has 0 radical (unpaired) electrons. The van der Waals surface area contributed by atoms with Crippen molar-refractivity contribution in [1.82, 2.24) is 9.88 Å². The average Bonchev–Trinajstić information content (AvgIpc) is 3.33. The van der Waals surface area contributed by atoms with Crippen LogP contribution in [0, 0.1) is 18.8 Å². The van der Waals surface area contributed by atoms with Crippen LogP contribution in [0.1, 0.15) is 40.3 Å². The second-order valence-corrected chi connectivity index (χ2v) is 8.85. The summed E-state index contributed by atoms with van der Waals surface area (Å²) in [6.45, 7) is 2.19. The molecule has 1 aliphatic carbocycles. The number of halogens is 3. The van der Waals surface area contributed by atoms with Crippen molar-refractivity contribution >= 4 is 23.2 Å². The van der Waals surface area contributed by atoms with Crippen molar-refractivity contribution in [2.75, 3.05) is 6.54 Å². The van der Waals surface area contributed by atoms with Gasteiger partial charge in [-0.25, -0.2) is 4.98 Å². The fourth-order valence-electron chi connectivity index (χ4n) is 4.59. The van der Waals surface area contributed by atoms with Crippen molar-refractivity contribution in [2.24, 2.45) is 17.6 Å². The smallest absolute Gasteiger partial charge is 0.368 e. The number of primary amides is 1. The molecule has 2 aromatic rings. The fraction of sp³-hybridized carbons (Fsp3) is 0.450. The number of fused-ring (bicyclic) bond motifs is 1. The minimum atomic E-state index is -4.43. The number of likely N-dealkylation sites (tertiary alicyclic amines) is 1. The van der Waals surface area contributed by atoms with Crippen LogP contribution >= 0.6 is 11.3 Å². The molecule has 1 saturated carbocycles. The number of alkyl halides is 3. The van der Waals surface area contributed by atoms with E-state index >= 15 is 0 Å². The van der Waals surface area contributed by atoms with Crippen LogP contribution < -0.4 is 5.73 Å². The van der Waals surface area contributed by atoms with Gasteiger partial charge in [-0.15, -0.1) is 11.3 Å². The molecule has 1 aromatic carbocycles. The van der Waals surface area contributed by atoms with Crippen LogP contribution in [0.4, 0.5) is 13.2 Å².